The van der Waals surface area contributed by atoms with E-state index in [0.29, 0.717) is 13.1 Å². The minimum Gasteiger partial charge on any atom is -0.346 e. The molecule has 0 spiro atoms. The molecule has 0 saturated carbocycles. The van der Waals surface area contributed by atoms with E-state index in [0.717, 1.165) is 58.2 Å². The van der Waals surface area contributed by atoms with Gasteiger partial charge in [-0.1, -0.05) is 30.3 Å². The zero-order valence-electron chi connectivity index (χ0n) is 21.2. The number of aryl methyl sites for hydroxylation is 1. The highest BCUT2D eigenvalue weighted by molar-refractivity contribution is 7.90. The maximum absolute atomic E-state index is 13.6. The van der Waals surface area contributed by atoms with Crippen LogP contribution in [0.15, 0.2) is 71.9 Å². The number of hydrogen-bond acceptors (Lipinski definition) is 7. The van der Waals surface area contributed by atoms with Gasteiger partial charge in [0.15, 0.2) is 5.66 Å². The summed E-state index contributed by atoms with van der Waals surface area (Å²) in [7, 11) is -2.95. The van der Waals surface area contributed by atoms with Crippen LogP contribution in [0, 0.1) is 5.82 Å². The first-order chi connectivity index (χ1) is 18.2. The van der Waals surface area contributed by atoms with Crippen LogP contribution < -0.4 is 16.4 Å². The monoisotopic (exact) mass is 534 g/mol. The Bertz CT molecular complexity index is 1600. The zero-order valence-corrected chi connectivity index (χ0v) is 22.0. The molecule has 0 aliphatic carbocycles. The van der Waals surface area contributed by atoms with E-state index >= 15 is 0 Å². The van der Waals surface area contributed by atoms with Crippen molar-refractivity contribution >= 4 is 32.8 Å². The van der Waals surface area contributed by atoms with Crippen molar-refractivity contribution in [3.05, 3.63) is 94.9 Å². The Hall–Kier alpha value is -3.60. The molecule has 1 unspecified atom stereocenters. The third kappa shape index (κ3) is 5.77. The number of benzene rings is 3. The van der Waals surface area contributed by atoms with Gasteiger partial charge in [-0.3, -0.25) is 10.4 Å². The van der Waals surface area contributed by atoms with Crippen molar-refractivity contribution in [2.24, 2.45) is 10.7 Å². The molecule has 1 atom stereocenters. The first kappa shape index (κ1) is 26.0. The van der Waals surface area contributed by atoms with E-state index in [2.05, 4.69) is 32.9 Å². The smallest absolute Gasteiger partial charge is 0.163 e. The van der Waals surface area contributed by atoms with E-state index in [1.165, 1.54) is 18.4 Å². The van der Waals surface area contributed by atoms with Gasteiger partial charge < -0.3 is 10.6 Å². The van der Waals surface area contributed by atoms with E-state index in [4.69, 9.17) is 5.73 Å². The summed E-state index contributed by atoms with van der Waals surface area (Å²) in [6.07, 6.45) is 6.42. The molecule has 38 heavy (non-hydrogen) atoms. The number of nitrogens with two attached hydrogens (primary N) is 1. The molecule has 0 fully saturated rings. The first-order valence-electron chi connectivity index (χ1n) is 12.5. The topological polar surface area (TPSA) is 114 Å². The Labute approximate surface area is 221 Å². The average molecular weight is 535 g/mol. The average Bonchev–Trinajstić information content (AvgIpc) is 3.27. The molecular formula is C28H31FN6O2S. The molecular weight excluding hydrogens is 503 g/mol. The van der Waals surface area contributed by atoms with Crippen molar-refractivity contribution in [3.63, 3.8) is 0 Å². The van der Waals surface area contributed by atoms with E-state index < -0.39 is 15.5 Å². The molecule has 4 N–H and O–H groups in total. The second-order valence-corrected chi connectivity index (χ2v) is 12.0. The maximum Gasteiger partial charge on any atom is 0.163 e. The van der Waals surface area contributed by atoms with Crippen molar-refractivity contribution in [1.82, 2.24) is 15.1 Å². The summed E-state index contributed by atoms with van der Waals surface area (Å²) in [6.45, 7) is 1.68. The number of nitrogens with zero attached hydrogens (tertiary/aromatic N) is 3. The number of aliphatic imine (C=N–C) groups is 1. The van der Waals surface area contributed by atoms with Gasteiger partial charge in [-0.2, -0.15) is 5.10 Å². The lowest BCUT2D eigenvalue weighted by atomic mass is 9.88. The Morgan fingerprint density at radius 1 is 1.08 bits per heavy atom. The van der Waals surface area contributed by atoms with Crippen molar-refractivity contribution < 1.29 is 12.8 Å². The predicted octanol–water partition coefficient (Wildman–Crippen LogP) is 3.40. The third-order valence-corrected chi connectivity index (χ3v) is 7.70. The van der Waals surface area contributed by atoms with E-state index in [1.807, 2.05) is 35.0 Å². The molecule has 5 rings (SSSR count). The molecule has 1 aliphatic heterocycles. The summed E-state index contributed by atoms with van der Waals surface area (Å²) in [6, 6.07) is 18.6. The van der Waals surface area contributed by atoms with Crippen LogP contribution in [0.3, 0.4) is 0 Å². The van der Waals surface area contributed by atoms with Gasteiger partial charge in [0.05, 0.1) is 30.3 Å². The molecule has 1 aliphatic rings. The van der Waals surface area contributed by atoms with Crippen molar-refractivity contribution in [2.45, 2.75) is 25.0 Å². The molecule has 2 heterocycles. The second kappa shape index (κ2) is 10.6. The van der Waals surface area contributed by atoms with Gasteiger partial charge in [0, 0.05) is 29.4 Å². The van der Waals surface area contributed by atoms with Crippen LogP contribution in [-0.2, 0) is 28.5 Å². The lowest BCUT2D eigenvalue weighted by Crippen LogP contribution is -2.39. The second-order valence-electron chi connectivity index (χ2n) is 9.74. The fourth-order valence-electron chi connectivity index (χ4n) is 4.76. The van der Waals surface area contributed by atoms with Gasteiger partial charge in [0.25, 0.3) is 0 Å². The number of sulfone groups is 1. The molecule has 198 valence electrons. The molecule has 10 heteroatoms. The summed E-state index contributed by atoms with van der Waals surface area (Å²) in [4.78, 5) is 4.62. The Kier molecular flexibility index (Phi) is 7.29. The number of nitrogens with one attached hydrogen (secondary N) is 2. The lowest BCUT2D eigenvalue weighted by molar-refractivity contribution is 0.571. The van der Waals surface area contributed by atoms with Crippen molar-refractivity contribution in [3.8, 4) is 0 Å². The third-order valence-electron chi connectivity index (χ3n) is 6.75. The summed E-state index contributed by atoms with van der Waals surface area (Å²) in [5, 5.41) is 11.9. The van der Waals surface area contributed by atoms with Crippen LogP contribution in [-0.4, -0.2) is 49.6 Å². The highest BCUT2D eigenvalue weighted by Gasteiger charge is 2.33. The molecule has 0 saturated heterocycles. The van der Waals surface area contributed by atoms with Crippen LogP contribution in [0.2, 0.25) is 0 Å². The number of hydrogen-bond donors (Lipinski definition) is 3. The summed E-state index contributed by atoms with van der Waals surface area (Å²) in [5.74, 6) is -0.119. The summed E-state index contributed by atoms with van der Waals surface area (Å²) in [5.41, 5.74) is 11.4. The van der Waals surface area contributed by atoms with E-state index in [1.54, 1.807) is 18.6 Å². The molecule has 0 amide bonds. The number of anilines is 1. The highest BCUT2D eigenvalue weighted by atomic mass is 32.2. The minimum absolute atomic E-state index is 0.146. The maximum atomic E-state index is 13.6. The summed E-state index contributed by atoms with van der Waals surface area (Å²) >= 11 is 0. The largest absolute Gasteiger partial charge is 0.346 e. The SMILES string of the molecule is CS(=O)(=O)CCNCCCc1ccc2c(c1)NC=NC2(N)c1ccc2c(cnn2Cc2cccc(F)c2)c1. The minimum atomic E-state index is -2.95. The fraction of sp³-hybridized carbons (Fsp3) is 0.286. The quantitative estimate of drug-likeness (QED) is 0.269. The van der Waals surface area contributed by atoms with Gasteiger partial charge in [-0.05, 0) is 66.4 Å². The number of halogens is 1. The highest BCUT2D eigenvalue weighted by Crippen LogP contribution is 2.37. The Morgan fingerprint density at radius 2 is 1.95 bits per heavy atom. The van der Waals surface area contributed by atoms with Crippen LogP contribution in [0.5, 0.6) is 0 Å². The van der Waals surface area contributed by atoms with Crippen LogP contribution >= 0.6 is 0 Å². The van der Waals surface area contributed by atoms with Crippen LogP contribution in [0.4, 0.5) is 10.1 Å². The van der Waals surface area contributed by atoms with Crippen LogP contribution in [0.1, 0.15) is 28.7 Å². The normalized spacial score (nSPS) is 16.9. The number of fused-ring (bicyclic) bond motifs is 2. The first-order valence-corrected chi connectivity index (χ1v) is 14.6. The van der Waals surface area contributed by atoms with E-state index in [-0.39, 0.29) is 11.6 Å². The fourth-order valence-corrected chi connectivity index (χ4v) is 5.28. The molecule has 3 aromatic carbocycles. The number of aromatic nitrogens is 2. The number of rotatable bonds is 10. The van der Waals surface area contributed by atoms with E-state index in [9.17, 15) is 12.8 Å². The van der Waals surface area contributed by atoms with Gasteiger partial charge in [0.2, 0.25) is 0 Å². The lowest BCUT2D eigenvalue weighted by Gasteiger charge is -2.31. The molecule has 0 radical (unpaired) electrons. The van der Waals surface area contributed by atoms with Crippen LogP contribution in [0.25, 0.3) is 10.9 Å². The standard InChI is InChI=1S/C28H31FN6O2S/c1-38(36,37)13-12-31-11-3-5-20-7-9-25-26(15-20)32-19-33-28(25,30)23-8-10-27-22(16-23)17-34-35(27)18-21-4-2-6-24(29)14-21/h2,4,6-10,14-17,19,31H,3,5,11-13,18,30H2,1H3,(H,32,33). The molecule has 8 nitrogen and oxygen atoms in total. The summed E-state index contributed by atoms with van der Waals surface area (Å²) < 4.78 is 37.9. The Morgan fingerprint density at radius 3 is 2.76 bits per heavy atom. The molecule has 0 bridgehead atoms. The zero-order chi connectivity index (χ0) is 26.8. The van der Waals surface area contributed by atoms with Crippen molar-refractivity contribution in [1.29, 1.82) is 0 Å². The van der Waals surface area contributed by atoms with Gasteiger partial charge in [0.1, 0.15) is 15.7 Å². The van der Waals surface area contributed by atoms with Crippen molar-refractivity contribution in [2.75, 3.05) is 30.4 Å². The predicted molar refractivity (Wildman–Crippen MR) is 150 cm³/mol. The van der Waals surface area contributed by atoms with Gasteiger partial charge in [-0.15, -0.1) is 0 Å². The molecule has 4 aromatic rings. The van der Waals surface area contributed by atoms with Gasteiger partial charge in [-0.25, -0.2) is 17.8 Å². The molecule has 1 aromatic heterocycles. The van der Waals surface area contributed by atoms with Gasteiger partial charge >= 0.3 is 0 Å². The Balaban J connectivity index is 1.30.